The molecular formula is C16H17N3S. The van der Waals surface area contributed by atoms with Gasteiger partial charge in [0.1, 0.15) is 6.17 Å². The van der Waals surface area contributed by atoms with Gasteiger partial charge in [0.05, 0.1) is 6.04 Å². The molecule has 4 heteroatoms. The lowest BCUT2D eigenvalue weighted by Crippen LogP contribution is -2.24. The predicted molar refractivity (Wildman–Crippen MR) is 86.0 cm³/mol. The van der Waals surface area contributed by atoms with E-state index in [-0.39, 0.29) is 12.2 Å². The summed E-state index contributed by atoms with van der Waals surface area (Å²) >= 11 is 4.31. The van der Waals surface area contributed by atoms with Gasteiger partial charge in [-0.2, -0.15) is 0 Å². The van der Waals surface area contributed by atoms with Crippen molar-refractivity contribution >= 4 is 18.8 Å². The molecule has 20 heavy (non-hydrogen) atoms. The van der Waals surface area contributed by atoms with Gasteiger partial charge in [-0.3, -0.25) is 4.99 Å². The molecule has 0 aromatic heterocycles. The van der Waals surface area contributed by atoms with Crippen LogP contribution in [0.15, 0.2) is 69.9 Å². The van der Waals surface area contributed by atoms with Gasteiger partial charge in [0.2, 0.25) is 0 Å². The number of thiol groups is 1. The summed E-state index contributed by atoms with van der Waals surface area (Å²) in [6.45, 7) is 2.02. The molecule has 2 atom stereocenters. The van der Waals surface area contributed by atoms with Crippen LogP contribution in [-0.4, -0.2) is 12.4 Å². The Hall–Kier alpha value is -1.94. The zero-order valence-electron chi connectivity index (χ0n) is 11.2. The minimum Gasteiger partial charge on any atom is -0.380 e. The van der Waals surface area contributed by atoms with Crippen molar-refractivity contribution in [2.24, 2.45) is 4.99 Å². The van der Waals surface area contributed by atoms with Gasteiger partial charge < -0.3 is 10.6 Å². The molecule has 0 amide bonds. The van der Waals surface area contributed by atoms with Gasteiger partial charge in [0.15, 0.2) is 0 Å². The van der Waals surface area contributed by atoms with E-state index in [1.54, 1.807) is 0 Å². The lowest BCUT2D eigenvalue weighted by molar-refractivity contribution is 0.665. The molecule has 2 aliphatic heterocycles. The SMILES string of the molecule is CC1N=CC(C2=CNC(c3ccc(S)cc3)C=C2)=CN1. The van der Waals surface area contributed by atoms with Crippen LogP contribution in [0.3, 0.4) is 0 Å². The van der Waals surface area contributed by atoms with Crippen LogP contribution in [0.4, 0.5) is 0 Å². The number of nitrogens with one attached hydrogen (secondary N) is 2. The van der Waals surface area contributed by atoms with Crippen molar-refractivity contribution in [3.05, 3.63) is 65.5 Å². The van der Waals surface area contributed by atoms with Crippen LogP contribution in [0, 0.1) is 0 Å². The maximum atomic E-state index is 4.36. The topological polar surface area (TPSA) is 36.4 Å². The predicted octanol–water partition coefficient (Wildman–Crippen LogP) is 2.96. The Labute approximate surface area is 124 Å². The number of allylic oxidation sites excluding steroid dienone is 3. The lowest BCUT2D eigenvalue weighted by Gasteiger charge is -2.21. The average Bonchev–Trinajstić information content (AvgIpc) is 2.49. The Morgan fingerprint density at radius 2 is 1.80 bits per heavy atom. The lowest BCUT2D eigenvalue weighted by atomic mass is 10.00. The van der Waals surface area contributed by atoms with Crippen molar-refractivity contribution in [1.82, 2.24) is 10.6 Å². The molecule has 0 aliphatic carbocycles. The van der Waals surface area contributed by atoms with Crippen LogP contribution in [0.2, 0.25) is 0 Å². The molecule has 0 saturated carbocycles. The van der Waals surface area contributed by atoms with E-state index in [0.29, 0.717) is 0 Å². The number of hydrogen-bond acceptors (Lipinski definition) is 4. The summed E-state index contributed by atoms with van der Waals surface area (Å²) in [5.41, 5.74) is 3.46. The van der Waals surface area contributed by atoms with Crippen molar-refractivity contribution in [1.29, 1.82) is 0 Å². The van der Waals surface area contributed by atoms with Gasteiger partial charge in [0, 0.05) is 34.7 Å². The van der Waals surface area contributed by atoms with Crippen molar-refractivity contribution in [3.8, 4) is 0 Å². The summed E-state index contributed by atoms with van der Waals surface area (Å²) in [6.07, 6.45) is 10.4. The first-order valence-electron chi connectivity index (χ1n) is 6.65. The van der Waals surface area contributed by atoms with Crippen LogP contribution in [0.1, 0.15) is 18.5 Å². The Bertz CT molecular complexity index is 611. The molecule has 0 radical (unpaired) electrons. The highest BCUT2D eigenvalue weighted by Gasteiger charge is 2.13. The third-order valence-electron chi connectivity index (χ3n) is 3.39. The summed E-state index contributed by atoms with van der Waals surface area (Å²) in [5, 5.41) is 6.62. The molecule has 1 aromatic carbocycles. The van der Waals surface area contributed by atoms with Gasteiger partial charge in [-0.25, -0.2) is 0 Å². The highest BCUT2D eigenvalue weighted by Crippen LogP contribution is 2.23. The number of nitrogens with zero attached hydrogens (tertiary/aromatic N) is 1. The van der Waals surface area contributed by atoms with Crippen LogP contribution in [-0.2, 0) is 0 Å². The first-order valence-corrected chi connectivity index (χ1v) is 7.10. The third-order valence-corrected chi connectivity index (χ3v) is 3.69. The van der Waals surface area contributed by atoms with Crippen molar-refractivity contribution in [3.63, 3.8) is 0 Å². The first-order chi connectivity index (χ1) is 9.72. The van der Waals surface area contributed by atoms with E-state index in [0.717, 1.165) is 16.0 Å². The highest BCUT2D eigenvalue weighted by molar-refractivity contribution is 7.80. The van der Waals surface area contributed by atoms with Crippen molar-refractivity contribution in [2.45, 2.75) is 24.0 Å². The molecule has 2 aliphatic rings. The van der Waals surface area contributed by atoms with Gasteiger partial charge >= 0.3 is 0 Å². The molecule has 0 bridgehead atoms. The van der Waals surface area contributed by atoms with E-state index in [9.17, 15) is 0 Å². The molecule has 3 rings (SSSR count). The van der Waals surface area contributed by atoms with Crippen LogP contribution < -0.4 is 10.6 Å². The Morgan fingerprint density at radius 3 is 2.40 bits per heavy atom. The van der Waals surface area contributed by atoms with E-state index in [2.05, 4.69) is 52.5 Å². The number of benzene rings is 1. The number of aliphatic imine (C=N–C) groups is 1. The quantitative estimate of drug-likeness (QED) is 0.730. The second-order valence-electron chi connectivity index (χ2n) is 4.92. The molecule has 102 valence electrons. The molecule has 3 nitrogen and oxygen atoms in total. The number of dihydropyridines is 1. The second-order valence-corrected chi connectivity index (χ2v) is 5.43. The molecule has 2 heterocycles. The van der Waals surface area contributed by atoms with E-state index in [1.165, 1.54) is 5.56 Å². The Kier molecular flexibility index (Phi) is 3.65. The maximum absolute atomic E-state index is 4.36. The fourth-order valence-electron chi connectivity index (χ4n) is 2.19. The Balaban J connectivity index is 1.71. The summed E-state index contributed by atoms with van der Waals surface area (Å²) in [6, 6.07) is 8.41. The summed E-state index contributed by atoms with van der Waals surface area (Å²) in [4.78, 5) is 5.34. The monoisotopic (exact) mass is 283 g/mol. The standard InChI is InChI=1S/C16H17N3S/c1-11-17-9-14(10-18-11)13-4-7-16(19-8-13)12-2-5-15(20)6-3-12/h2-11,16-17,19-20H,1H3. The average molecular weight is 283 g/mol. The molecular weight excluding hydrogens is 266 g/mol. The molecule has 0 spiro atoms. The minimum absolute atomic E-state index is 0.160. The van der Waals surface area contributed by atoms with Crippen LogP contribution in [0.25, 0.3) is 0 Å². The second kappa shape index (κ2) is 5.59. The zero-order valence-corrected chi connectivity index (χ0v) is 12.1. The van der Waals surface area contributed by atoms with E-state index >= 15 is 0 Å². The van der Waals surface area contributed by atoms with Crippen LogP contribution in [0.5, 0.6) is 0 Å². The third kappa shape index (κ3) is 2.80. The molecule has 0 saturated heterocycles. The van der Waals surface area contributed by atoms with Gasteiger partial charge in [-0.1, -0.05) is 24.3 Å². The smallest absolute Gasteiger partial charge is 0.115 e. The maximum Gasteiger partial charge on any atom is 0.115 e. The largest absolute Gasteiger partial charge is 0.380 e. The highest BCUT2D eigenvalue weighted by atomic mass is 32.1. The first kappa shape index (κ1) is 13.1. The zero-order chi connectivity index (χ0) is 13.9. The fourth-order valence-corrected chi connectivity index (χ4v) is 2.34. The minimum atomic E-state index is 0.160. The summed E-state index contributed by atoms with van der Waals surface area (Å²) in [7, 11) is 0. The van der Waals surface area contributed by atoms with Gasteiger partial charge in [-0.15, -0.1) is 12.6 Å². The summed E-state index contributed by atoms with van der Waals surface area (Å²) in [5.74, 6) is 0. The van der Waals surface area contributed by atoms with E-state index < -0.39 is 0 Å². The van der Waals surface area contributed by atoms with E-state index in [4.69, 9.17) is 0 Å². The fraction of sp³-hybridized carbons (Fsp3) is 0.188. The molecule has 1 aromatic rings. The van der Waals surface area contributed by atoms with Crippen molar-refractivity contribution in [2.75, 3.05) is 0 Å². The normalized spacial score (nSPS) is 24.5. The van der Waals surface area contributed by atoms with Gasteiger partial charge in [-0.05, 0) is 24.6 Å². The van der Waals surface area contributed by atoms with Crippen molar-refractivity contribution < 1.29 is 0 Å². The molecule has 0 fully saturated rings. The number of rotatable bonds is 2. The van der Waals surface area contributed by atoms with Gasteiger partial charge in [0.25, 0.3) is 0 Å². The van der Waals surface area contributed by atoms with Crippen LogP contribution >= 0.6 is 12.6 Å². The number of hydrogen-bond donors (Lipinski definition) is 3. The summed E-state index contributed by atoms with van der Waals surface area (Å²) < 4.78 is 0. The molecule has 2 N–H and O–H groups in total. The van der Waals surface area contributed by atoms with E-state index in [1.807, 2.05) is 37.7 Å². The molecule has 2 unspecified atom stereocenters. The Morgan fingerprint density at radius 1 is 1.05 bits per heavy atom.